The molecule has 0 saturated carbocycles. The molecule has 0 aliphatic heterocycles. The van der Waals surface area contributed by atoms with Gasteiger partial charge in [0.25, 0.3) is 0 Å². The van der Waals surface area contributed by atoms with Crippen molar-refractivity contribution >= 4 is 11.6 Å². The van der Waals surface area contributed by atoms with E-state index in [1.165, 1.54) is 16.8 Å². The molecule has 1 N–H and O–H groups in total. The van der Waals surface area contributed by atoms with Crippen LogP contribution in [0.15, 0.2) is 30.6 Å². The van der Waals surface area contributed by atoms with Crippen LogP contribution >= 0.6 is 0 Å². The quantitative estimate of drug-likeness (QED) is 0.871. The molecule has 90 valence electrons. The third-order valence-corrected chi connectivity index (χ3v) is 3.06. The van der Waals surface area contributed by atoms with Crippen molar-refractivity contribution in [2.75, 3.05) is 5.32 Å². The van der Waals surface area contributed by atoms with Gasteiger partial charge in [0.1, 0.15) is 0 Å². The maximum absolute atomic E-state index is 4.31. The molecule has 0 aliphatic rings. The molecule has 3 heteroatoms. The Hall–Kier alpha value is -1.77. The molecule has 3 nitrogen and oxygen atoms in total. The van der Waals surface area contributed by atoms with E-state index in [1.54, 1.807) is 0 Å². The molecule has 0 spiro atoms. The zero-order chi connectivity index (χ0) is 12.3. The van der Waals surface area contributed by atoms with Gasteiger partial charge in [-0.2, -0.15) is 0 Å². The predicted octanol–water partition coefficient (Wildman–Crippen LogP) is 3.29. The van der Waals surface area contributed by atoms with Gasteiger partial charge in [0, 0.05) is 25.1 Å². The Morgan fingerprint density at radius 1 is 1.18 bits per heavy atom. The van der Waals surface area contributed by atoms with Crippen LogP contribution in [0.5, 0.6) is 0 Å². The first-order valence-corrected chi connectivity index (χ1v) is 6.11. The summed E-state index contributed by atoms with van der Waals surface area (Å²) in [6, 6.07) is 6.47. The Morgan fingerprint density at radius 3 is 2.29 bits per heavy atom. The molecule has 2 rings (SSSR count). The number of benzene rings is 1. The van der Waals surface area contributed by atoms with Crippen molar-refractivity contribution in [1.29, 1.82) is 0 Å². The lowest BCUT2D eigenvalue weighted by atomic mass is 10.0. The molecule has 0 saturated heterocycles. The normalized spacial score (nSPS) is 10.5. The standard InChI is InChI=1S/C14H19N3/c1-4-11-7-6-8-12(5-2)13(11)16-14-15-9-10-17(14)3/h6-10H,4-5H2,1-3H3,(H,15,16). The summed E-state index contributed by atoms with van der Waals surface area (Å²) in [6.45, 7) is 4.36. The Balaban J connectivity index is 2.40. The minimum atomic E-state index is 0.889. The monoisotopic (exact) mass is 229 g/mol. The fourth-order valence-electron chi connectivity index (χ4n) is 2.00. The van der Waals surface area contributed by atoms with E-state index in [1.807, 2.05) is 24.0 Å². The number of nitrogens with one attached hydrogen (secondary N) is 1. The highest BCUT2D eigenvalue weighted by Crippen LogP contribution is 2.25. The van der Waals surface area contributed by atoms with Crippen molar-refractivity contribution in [3.05, 3.63) is 41.7 Å². The number of rotatable bonds is 4. The maximum atomic E-state index is 4.31. The van der Waals surface area contributed by atoms with Crippen LogP contribution in [0.4, 0.5) is 11.6 Å². The van der Waals surface area contributed by atoms with Gasteiger partial charge in [-0.25, -0.2) is 4.98 Å². The van der Waals surface area contributed by atoms with Gasteiger partial charge in [-0.3, -0.25) is 0 Å². The molecule has 0 unspecified atom stereocenters. The first-order valence-electron chi connectivity index (χ1n) is 6.11. The Kier molecular flexibility index (Phi) is 3.47. The zero-order valence-corrected chi connectivity index (χ0v) is 10.7. The van der Waals surface area contributed by atoms with E-state index >= 15 is 0 Å². The highest BCUT2D eigenvalue weighted by Gasteiger charge is 2.08. The predicted molar refractivity (Wildman–Crippen MR) is 71.7 cm³/mol. The average Bonchev–Trinajstić information content (AvgIpc) is 2.75. The maximum Gasteiger partial charge on any atom is 0.207 e. The van der Waals surface area contributed by atoms with Crippen LogP contribution in [0.2, 0.25) is 0 Å². The number of hydrogen-bond acceptors (Lipinski definition) is 2. The van der Waals surface area contributed by atoms with Crippen LogP contribution in [0.3, 0.4) is 0 Å². The first-order chi connectivity index (χ1) is 8.26. The molecule has 0 bridgehead atoms. The number of imidazole rings is 1. The van der Waals surface area contributed by atoms with Gasteiger partial charge < -0.3 is 9.88 Å². The lowest BCUT2D eigenvalue weighted by Gasteiger charge is -2.14. The minimum absolute atomic E-state index is 0.889. The van der Waals surface area contributed by atoms with Crippen LogP contribution in [0, 0.1) is 0 Å². The summed E-state index contributed by atoms with van der Waals surface area (Å²) >= 11 is 0. The summed E-state index contributed by atoms with van der Waals surface area (Å²) in [4.78, 5) is 4.31. The van der Waals surface area contributed by atoms with E-state index in [4.69, 9.17) is 0 Å². The van der Waals surface area contributed by atoms with Gasteiger partial charge in [0.05, 0.1) is 0 Å². The second-order valence-corrected chi connectivity index (χ2v) is 4.15. The SMILES string of the molecule is CCc1cccc(CC)c1Nc1nccn1C. The van der Waals surface area contributed by atoms with Crippen molar-refractivity contribution in [3.63, 3.8) is 0 Å². The topological polar surface area (TPSA) is 29.9 Å². The fraction of sp³-hybridized carbons (Fsp3) is 0.357. The minimum Gasteiger partial charge on any atom is -0.325 e. The molecule has 0 amide bonds. The smallest absolute Gasteiger partial charge is 0.207 e. The molecule has 0 atom stereocenters. The van der Waals surface area contributed by atoms with Crippen LogP contribution in [0.25, 0.3) is 0 Å². The second-order valence-electron chi connectivity index (χ2n) is 4.15. The molecule has 1 heterocycles. The van der Waals surface area contributed by atoms with Crippen molar-refractivity contribution in [1.82, 2.24) is 9.55 Å². The van der Waals surface area contributed by atoms with E-state index in [0.29, 0.717) is 0 Å². The lowest BCUT2D eigenvalue weighted by Crippen LogP contribution is -2.04. The summed E-state index contributed by atoms with van der Waals surface area (Å²) < 4.78 is 1.99. The number of anilines is 2. The van der Waals surface area contributed by atoms with E-state index in [9.17, 15) is 0 Å². The van der Waals surface area contributed by atoms with Crippen molar-refractivity contribution in [3.8, 4) is 0 Å². The molecular weight excluding hydrogens is 210 g/mol. The van der Waals surface area contributed by atoms with Gasteiger partial charge in [0.2, 0.25) is 5.95 Å². The first kappa shape index (κ1) is 11.7. The highest BCUT2D eigenvalue weighted by molar-refractivity contribution is 5.63. The molecular formula is C14H19N3. The van der Waals surface area contributed by atoms with Gasteiger partial charge in [-0.1, -0.05) is 32.0 Å². The second kappa shape index (κ2) is 5.04. The number of para-hydroxylation sites is 1. The summed E-state index contributed by atoms with van der Waals surface area (Å²) in [5.74, 6) is 0.889. The zero-order valence-electron chi connectivity index (χ0n) is 10.7. The fourth-order valence-corrected chi connectivity index (χ4v) is 2.00. The number of nitrogens with zero attached hydrogens (tertiary/aromatic N) is 2. The molecule has 0 fully saturated rings. The van der Waals surface area contributed by atoms with Crippen molar-refractivity contribution < 1.29 is 0 Å². The number of hydrogen-bond donors (Lipinski definition) is 1. The molecule has 17 heavy (non-hydrogen) atoms. The summed E-state index contributed by atoms with van der Waals surface area (Å²) in [7, 11) is 2.00. The van der Waals surface area contributed by atoms with Crippen LogP contribution in [-0.4, -0.2) is 9.55 Å². The number of aromatic nitrogens is 2. The summed E-state index contributed by atoms with van der Waals surface area (Å²) in [5.41, 5.74) is 3.89. The van der Waals surface area contributed by atoms with Gasteiger partial charge >= 0.3 is 0 Å². The van der Waals surface area contributed by atoms with Crippen molar-refractivity contribution in [2.24, 2.45) is 7.05 Å². The summed E-state index contributed by atoms with van der Waals surface area (Å²) in [5, 5.41) is 3.44. The Bertz CT molecular complexity index is 478. The summed E-state index contributed by atoms with van der Waals surface area (Å²) in [6.07, 6.45) is 5.81. The molecule has 1 aromatic carbocycles. The van der Waals surface area contributed by atoms with E-state index in [-0.39, 0.29) is 0 Å². The van der Waals surface area contributed by atoms with Crippen LogP contribution in [0.1, 0.15) is 25.0 Å². The van der Waals surface area contributed by atoms with E-state index < -0.39 is 0 Å². The Morgan fingerprint density at radius 2 is 1.82 bits per heavy atom. The van der Waals surface area contributed by atoms with E-state index in [0.717, 1.165) is 18.8 Å². The number of aryl methyl sites for hydroxylation is 3. The van der Waals surface area contributed by atoms with Crippen molar-refractivity contribution in [2.45, 2.75) is 26.7 Å². The largest absolute Gasteiger partial charge is 0.325 e. The van der Waals surface area contributed by atoms with Gasteiger partial charge in [-0.05, 0) is 24.0 Å². The molecule has 1 aromatic heterocycles. The van der Waals surface area contributed by atoms with Crippen LogP contribution in [-0.2, 0) is 19.9 Å². The Labute approximate surface area is 103 Å². The van der Waals surface area contributed by atoms with E-state index in [2.05, 4.69) is 42.3 Å². The van der Waals surface area contributed by atoms with Crippen LogP contribution < -0.4 is 5.32 Å². The third-order valence-electron chi connectivity index (χ3n) is 3.06. The molecule has 2 aromatic rings. The highest BCUT2D eigenvalue weighted by atomic mass is 15.2. The third kappa shape index (κ3) is 2.33. The van der Waals surface area contributed by atoms with Gasteiger partial charge in [-0.15, -0.1) is 0 Å². The molecule has 0 aliphatic carbocycles. The van der Waals surface area contributed by atoms with Gasteiger partial charge in [0.15, 0.2) is 0 Å². The molecule has 0 radical (unpaired) electrons. The lowest BCUT2D eigenvalue weighted by molar-refractivity contribution is 0.921. The average molecular weight is 229 g/mol.